The number of carbonyl (C=O) groups is 1. The maximum atomic E-state index is 12.7. The van der Waals surface area contributed by atoms with Crippen LogP contribution in [0.4, 0.5) is 0 Å². The van der Waals surface area contributed by atoms with Gasteiger partial charge in [-0.1, -0.05) is 30.3 Å². The Kier molecular flexibility index (Phi) is 4.74. The molecule has 2 aliphatic rings. The van der Waals surface area contributed by atoms with Crippen molar-refractivity contribution in [2.75, 3.05) is 26.2 Å². The minimum Gasteiger partial charge on any atom is -0.469 e. The fourth-order valence-corrected chi connectivity index (χ4v) is 4.78. The zero-order valence-electron chi connectivity index (χ0n) is 15.7. The molecule has 6 heteroatoms. The van der Waals surface area contributed by atoms with Crippen LogP contribution in [0.1, 0.15) is 23.8 Å². The van der Waals surface area contributed by atoms with Gasteiger partial charge in [-0.15, -0.1) is 11.3 Å². The van der Waals surface area contributed by atoms with Gasteiger partial charge < -0.3 is 9.32 Å². The van der Waals surface area contributed by atoms with Gasteiger partial charge >= 0.3 is 0 Å². The van der Waals surface area contributed by atoms with E-state index in [1.165, 1.54) is 5.56 Å². The molecule has 0 bridgehead atoms. The summed E-state index contributed by atoms with van der Waals surface area (Å²) in [5.74, 6) is 1.65. The van der Waals surface area contributed by atoms with E-state index in [-0.39, 0.29) is 11.8 Å². The van der Waals surface area contributed by atoms with Crippen LogP contribution in [0.3, 0.4) is 0 Å². The van der Waals surface area contributed by atoms with Gasteiger partial charge in [0.05, 0.1) is 12.0 Å². The van der Waals surface area contributed by atoms with Gasteiger partial charge in [0.1, 0.15) is 10.8 Å². The van der Waals surface area contributed by atoms with Crippen LogP contribution in [-0.4, -0.2) is 46.9 Å². The number of carbonyl (C=O) groups excluding carboxylic acids is 1. The molecular weight excluding hydrogens is 370 g/mol. The van der Waals surface area contributed by atoms with E-state index in [1.807, 2.05) is 35.2 Å². The van der Waals surface area contributed by atoms with Gasteiger partial charge in [0, 0.05) is 55.5 Å². The molecule has 28 heavy (non-hydrogen) atoms. The van der Waals surface area contributed by atoms with Gasteiger partial charge in [-0.2, -0.15) is 0 Å². The summed E-state index contributed by atoms with van der Waals surface area (Å²) in [6.07, 6.45) is 2.61. The maximum absolute atomic E-state index is 12.7. The van der Waals surface area contributed by atoms with Gasteiger partial charge in [0.25, 0.3) is 0 Å². The van der Waals surface area contributed by atoms with E-state index in [2.05, 4.69) is 22.4 Å². The fourth-order valence-electron chi connectivity index (χ4n) is 3.97. The highest BCUT2D eigenvalue weighted by molar-refractivity contribution is 7.13. The number of hydrogen-bond donors (Lipinski definition) is 0. The number of rotatable bonds is 5. The van der Waals surface area contributed by atoms with Gasteiger partial charge in [0.2, 0.25) is 5.91 Å². The Bertz CT molecular complexity index is 930. The van der Waals surface area contributed by atoms with Gasteiger partial charge in [0.15, 0.2) is 0 Å². The first-order valence-corrected chi connectivity index (χ1v) is 10.7. The Morgan fingerprint density at radius 1 is 1.11 bits per heavy atom. The molecule has 0 spiro atoms. The van der Waals surface area contributed by atoms with Crippen molar-refractivity contribution in [1.82, 2.24) is 14.8 Å². The molecule has 2 atom stereocenters. The molecule has 0 N–H and O–H groups in total. The SMILES string of the molecule is O=C(C1CC1c1ccco1)N1CCN(Cc2csc(-c3ccccc3)n2)CC1. The summed E-state index contributed by atoms with van der Waals surface area (Å²) in [5, 5.41) is 3.22. The summed E-state index contributed by atoms with van der Waals surface area (Å²) >= 11 is 1.70. The Morgan fingerprint density at radius 2 is 1.93 bits per heavy atom. The molecular formula is C22H23N3O2S. The third kappa shape index (κ3) is 3.62. The summed E-state index contributed by atoms with van der Waals surface area (Å²) in [6, 6.07) is 14.2. The predicted molar refractivity (Wildman–Crippen MR) is 109 cm³/mol. The average Bonchev–Trinajstić information content (AvgIpc) is 3.13. The van der Waals surface area contributed by atoms with E-state index >= 15 is 0 Å². The molecule has 3 aromatic rings. The molecule has 1 saturated heterocycles. The van der Waals surface area contributed by atoms with Crippen LogP contribution in [-0.2, 0) is 11.3 Å². The van der Waals surface area contributed by atoms with Crippen molar-refractivity contribution < 1.29 is 9.21 Å². The highest BCUT2D eigenvalue weighted by atomic mass is 32.1. The lowest BCUT2D eigenvalue weighted by Crippen LogP contribution is -2.48. The molecule has 1 amide bonds. The average molecular weight is 394 g/mol. The molecule has 0 radical (unpaired) electrons. The van der Waals surface area contributed by atoms with Crippen molar-refractivity contribution in [2.24, 2.45) is 5.92 Å². The van der Waals surface area contributed by atoms with Crippen LogP contribution in [0, 0.1) is 5.92 Å². The molecule has 3 heterocycles. The van der Waals surface area contributed by atoms with Crippen LogP contribution >= 0.6 is 11.3 Å². The molecule has 2 fully saturated rings. The van der Waals surface area contributed by atoms with Crippen LogP contribution in [0.5, 0.6) is 0 Å². The lowest BCUT2D eigenvalue weighted by Gasteiger charge is -2.34. The molecule has 1 aliphatic heterocycles. The van der Waals surface area contributed by atoms with Crippen LogP contribution in [0.2, 0.25) is 0 Å². The molecule has 1 saturated carbocycles. The summed E-state index contributed by atoms with van der Waals surface area (Å²) in [7, 11) is 0. The van der Waals surface area contributed by atoms with Crippen molar-refractivity contribution in [2.45, 2.75) is 18.9 Å². The number of hydrogen-bond acceptors (Lipinski definition) is 5. The lowest BCUT2D eigenvalue weighted by atomic mass is 10.2. The first-order chi connectivity index (χ1) is 13.8. The van der Waals surface area contributed by atoms with Crippen LogP contribution in [0.25, 0.3) is 10.6 Å². The molecule has 1 aliphatic carbocycles. The zero-order valence-corrected chi connectivity index (χ0v) is 16.5. The standard InChI is InChI=1S/C22H23N3O2S/c26-22(19-13-18(19)20-7-4-12-27-20)25-10-8-24(9-11-25)14-17-15-28-21(23-17)16-5-2-1-3-6-16/h1-7,12,15,18-19H,8-11,13-14H2. The number of aromatic nitrogens is 1. The molecule has 2 unspecified atom stereocenters. The number of thiazole rings is 1. The van der Waals surface area contributed by atoms with E-state index in [9.17, 15) is 4.79 Å². The van der Waals surface area contributed by atoms with Crippen molar-refractivity contribution in [1.29, 1.82) is 0 Å². The Morgan fingerprint density at radius 3 is 2.68 bits per heavy atom. The first-order valence-electron chi connectivity index (χ1n) is 9.82. The number of nitrogens with zero attached hydrogens (tertiary/aromatic N) is 3. The lowest BCUT2D eigenvalue weighted by molar-refractivity contribution is -0.134. The molecule has 144 valence electrons. The first kappa shape index (κ1) is 17.6. The number of furan rings is 1. The topological polar surface area (TPSA) is 49.6 Å². The number of amides is 1. The largest absolute Gasteiger partial charge is 0.469 e. The van der Waals surface area contributed by atoms with Gasteiger partial charge in [-0.3, -0.25) is 9.69 Å². The van der Waals surface area contributed by atoms with E-state index in [0.717, 1.165) is 55.6 Å². The number of benzene rings is 1. The van der Waals surface area contributed by atoms with E-state index in [0.29, 0.717) is 5.91 Å². The zero-order chi connectivity index (χ0) is 18.9. The second kappa shape index (κ2) is 7.53. The summed E-state index contributed by atoms with van der Waals surface area (Å²) in [4.78, 5) is 22.0. The second-order valence-electron chi connectivity index (χ2n) is 7.58. The van der Waals surface area contributed by atoms with Gasteiger partial charge in [-0.25, -0.2) is 4.98 Å². The van der Waals surface area contributed by atoms with E-state index in [4.69, 9.17) is 9.40 Å². The highest BCUT2D eigenvalue weighted by Crippen LogP contribution is 2.48. The van der Waals surface area contributed by atoms with Crippen LogP contribution < -0.4 is 0 Å². The number of piperazine rings is 1. The normalized spacial score (nSPS) is 22.4. The predicted octanol–water partition coefficient (Wildman–Crippen LogP) is 3.85. The van der Waals surface area contributed by atoms with Crippen molar-refractivity contribution in [3.8, 4) is 10.6 Å². The molecule has 1 aromatic carbocycles. The Labute approximate surface area is 168 Å². The molecule has 5 nitrogen and oxygen atoms in total. The second-order valence-corrected chi connectivity index (χ2v) is 8.43. The van der Waals surface area contributed by atoms with Gasteiger partial charge in [-0.05, 0) is 18.6 Å². The fraction of sp³-hybridized carbons (Fsp3) is 0.364. The van der Waals surface area contributed by atoms with Crippen molar-refractivity contribution in [3.05, 3.63) is 65.6 Å². The monoisotopic (exact) mass is 393 g/mol. The van der Waals surface area contributed by atoms with E-state index in [1.54, 1.807) is 17.6 Å². The van der Waals surface area contributed by atoms with Crippen molar-refractivity contribution in [3.63, 3.8) is 0 Å². The molecule has 5 rings (SSSR count). The Balaban J connectivity index is 1.13. The smallest absolute Gasteiger partial charge is 0.226 e. The summed E-state index contributed by atoms with van der Waals surface area (Å²) in [6.45, 7) is 4.26. The minimum absolute atomic E-state index is 0.115. The summed E-state index contributed by atoms with van der Waals surface area (Å²) < 4.78 is 5.46. The maximum Gasteiger partial charge on any atom is 0.226 e. The Hall–Kier alpha value is -2.44. The van der Waals surface area contributed by atoms with Crippen molar-refractivity contribution >= 4 is 17.2 Å². The van der Waals surface area contributed by atoms with E-state index < -0.39 is 0 Å². The van der Waals surface area contributed by atoms with Crippen LogP contribution in [0.15, 0.2) is 58.5 Å². The highest BCUT2D eigenvalue weighted by Gasteiger charge is 2.47. The minimum atomic E-state index is 0.115. The molecule has 2 aromatic heterocycles. The summed E-state index contributed by atoms with van der Waals surface area (Å²) in [5.41, 5.74) is 2.29. The third-order valence-corrected chi connectivity index (χ3v) is 6.60. The quantitative estimate of drug-likeness (QED) is 0.661. The third-order valence-electron chi connectivity index (χ3n) is 5.66.